The number of carbonyl (C=O) groups is 8. The Labute approximate surface area is 618 Å². The number of hydrogen-bond donors (Lipinski definition) is 10. The summed E-state index contributed by atoms with van der Waals surface area (Å²) in [5, 5.41) is 97.1. The number of nitrogen functional groups attached to an aromatic ring is 1. The fourth-order valence-electron chi connectivity index (χ4n) is 5.50. The summed E-state index contributed by atoms with van der Waals surface area (Å²) < 4.78 is 52.0. The van der Waals surface area contributed by atoms with Crippen molar-refractivity contribution in [1.82, 2.24) is 0 Å². The molecule has 47 heteroatoms. The predicted molar refractivity (Wildman–Crippen MR) is 372 cm³/mol. The van der Waals surface area contributed by atoms with E-state index in [1.54, 1.807) is 0 Å². The molecule has 27 nitrogen and oxygen atoms in total. The number of halogens is 16. The quantitative estimate of drug-likeness (QED) is 0.0144. The van der Waals surface area contributed by atoms with Gasteiger partial charge in [0.15, 0.2) is 11.1 Å². The molecule has 0 aromatic heterocycles. The Kier molecular flexibility index (Phi) is 47.1. The van der Waals surface area contributed by atoms with Gasteiger partial charge in [0, 0.05) is 78.8 Å². The number of nitro groups is 3. The third-order valence-electron chi connectivity index (χ3n) is 9.14. The van der Waals surface area contributed by atoms with E-state index in [1.165, 1.54) is 49.4 Å². The van der Waals surface area contributed by atoms with Crippen LogP contribution in [0.15, 0.2) is 91.4 Å². The monoisotopic (exact) mass is 1620 g/mol. The summed E-state index contributed by atoms with van der Waals surface area (Å²) >= 11 is 66.9. The van der Waals surface area contributed by atoms with E-state index in [9.17, 15) is 73.8 Å². The standard InChI is InChI=1S/C9H6Cl2N2O5.C9H7Cl2NO3.C7H3Cl2NO5.C7H3Cl2NO4.C7H5Cl2NO2.C7H4Cl2O2.C4H4.CH4.B4.2F2.2H2/c1-3(14)12-7-5(11)2-4(10)6(9(15)16)8(7)13(17)18;1-4(13)12-8-2-5(9(14)15)6(10)3-7(8)11;8-2-1-3(9)6(11)5(10(14)15)4(2)7(12)13;8-4-2-5(9)6(10(13)14)1-3(4)7(11)12;8-4-2-5(9)6(10)1-3(4)7(11)12;8-4-1-2-5(7(10)11)6(9)3-4;1-3-4-2;;1-4(2)3;2*1-2;;/h2H,1H3,(H,12,14)(H,15,16);2-3H,1H3,(H,12,13)(H,14,15);1,11H,(H,12,13);1-2H,(H,11,12);1-2H,10H2,(H,11,12);1-3H,(H,10,11);1-2H2;1H4;;;;2*1H/i;;;;;;;;;;;2*1+1D. The van der Waals surface area contributed by atoms with Gasteiger partial charge in [-0.3, -0.25) is 39.9 Å². The number of hydrogen-bond acceptors (Lipinski definition) is 16. The van der Waals surface area contributed by atoms with E-state index in [1.807, 2.05) is 0 Å². The average molecular weight is 1620 g/mol. The number of phenols is 1. The van der Waals surface area contributed by atoms with Crippen LogP contribution in [-0.4, -0.2) is 128 Å². The van der Waals surface area contributed by atoms with Crippen LogP contribution in [0, 0.1) is 30.3 Å². The highest BCUT2D eigenvalue weighted by Crippen LogP contribution is 2.42. The second kappa shape index (κ2) is 49.2. The van der Waals surface area contributed by atoms with Crippen molar-refractivity contribution >= 4 is 251 Å². The number of carbonyl (C=O) groups excluding carboxylic acids is 2. The van der Waals surface area contributed by atoms with Crippen LogP contribution >= 0.6 is 139 Å². The molecule has 0 unspecified atom stereocenters. The number of anilines is 3. The summed E-state index contributed by atoms with van der Waals surface area (Å²) in [5.74, 6) is -9.76. The van der Waals surface area contributed by atoms with Crippen molar-refractivity contribution < 1.29 is 113 Å². The van der Waals surface area contributed by atoms with Crippen molar-refractivity contribution in [1.29, 1.82) is 0 Å². The highest BCUT2D eigenvalue weighted by Gasteiger charge is 2.32. The number of aromatic hydroxyl groups is 1. The molecule has 0 saturated carbocycles. The van der Waals surface area contributed by atoms with E-state index in [4.69, 9.17) is 200 Å². The first-order chi connectivity index (χ1) is 46.7. The van der Waals surface area contributed by atoms with Crippen molar-refractivity contribution in [3.05, 3.63) is 215 Å². The first-order valence-corrected chi connectivity index (χ1v) is 27.7. The zero-order valence-corrected chi connectivity index (χ0v) is 56.5. The minimum atomic E-state index is -1.61. The fraction of sp³-hybridized carbons (Fsp3) is 0.0588. The number of carboxylic acid groups (broad SMARTS) is 6. The molecule has 0 spiro atoms. The smallest absolute Gasteiger partial charge is 0.344 e. The molecular formula is C51H40B4Cl12F4N6O21. The molecule has 0 fully saturated rings. The number of carboxylic acids is 6. The SMILES string of the molecule is C.C=C=C=C.CC(=O)Nc1c(Cl)cc(Cl)c(C(=O)O)c1[N+](=O)[O-].CC(=O)Nc1cc(C(=O)O)c(Cl)cc1Cl.FF.FF.Nc1cc(C(=O)O)c(Cl)cc1Cl.O=C(O)c1c(Cl)cc(Cl)c(O)c1[N+](=O)[O-].O=C(O)c1cc([N+](=O)[O-])c(Cl)cc1Cl.O=C(O)c1ccc(Cl)cc1Cl.[2H][2H].[2H][2H].[B]B([B])[B]. The minimum absolute atomic E-state index is 0. The van der Waals surface area contributed by atoms with Gasteiger partial charge in [0.25, 0.3) is 5.69 Å². The number of nitro benzene ring substituents is 3. The Morgan fingerprint density at radius 2 is 0.827 bits per heavy atom. The number of nitrogens with zero attached hydrogens (tertiary/aromatic N) is 3. The lowest BCUT2D eigenvalue weighted by atomic mass is 9.08. The number of nitrogens with two attached hydrogens (primary N) is 1. The fourth-order valence-corrected chi connectivity index (χ4v) is 8.61. The van der Waals surface area contributed by atoms with Gasteiger partial charge in [-0.1, -0.05) is 158 Å². The second-order valence-corrected chi connectivity index (χ2v) is 20.7. The second-order valence-electron chi connectivity index (χ2n) is 15.8. The van der Waals surface area contributed by atoms with Crippen LogP contribution in [0.2, 0.25) is 60.3 Å². The molecule has 2 amide bonds. The highest BCUT2D eigenvalue weighted by atomic mass is 35.5. The van der Waals surface area contributed by atoms with Gasteiger partial charge in [0.2, 0.25) is 17.6 Å². The van der Waals surface area contributed by atoms with E-state index in [-0.39, 0.29) is 97.2 Å². The molecule has 6 aromatic carbocycles. The van der Waals surface area contributed by atoms with Gasteiger partial charge in [-0.15, -0.1) is 0 Å². The summed E-state index contributed by atoms with van der Waals surface area (Å²) in [7, 11) is 14.0. The van der Waals surface area contributed by atoms with Crippen LogP contribution in [0.4, 0.5) is 52.4 Å². The third-order valence-corrected chi connectivity index (χ3v) is 12.8. The summed E-state index contributed by atoms with van der Waals surface area (Å²) in [4.78, 5) is 115. The molecule has 0 aliphatic rings. The molecule has 0 atom stereocenters. The van der Waals surface area contributed by atoms with Gasteiger partial charge in [-0.2, -0.15) is 0 Å². The number of phenolic OH excluding ortho intramolecular Hbond substituents is 1. The van der Waals surface area contributed by atoms with Crippen LogP contribution < -0.4 is 16.4 Å². The number of rotatable bonds is 11. The summed E-state index contributed by atoms with van der Waals surface area (Å²) in [6.07, 6.45) is -0.667. The lowest BCUT2D eigenvalue weighted by Gasteiger charge is -2.09. The van der Waals surface area contributed by atoms with Crippen molar-refractivity contribution in [2.45, 2.75) is 21.3 Å². The summed E-state index contributed by atoms with van der Waals surface area (Å²) in [6, 6.07) is 13.1. The molecule has 0 saturated heterocycles. The van der Waals surface area contributed by atoms with Crippen LogP contribution in [0.3, 0.4) is 0 Å². The molecule has 0 aliphatic carbocycles. The Hall–Kier alpha value is -8.36. The van der Waals surface area contributed by atoms with Crippen molar-refractivity contribution in [3.63, 3.8) is 0 Å². The van der Waals surface area contributed by atoms with Gasteiger partial charge in [-0.25, -0.2) is 28.8 Å². The molecule has 98 heavy (non-hydrogen) atoms. The van der Waals surface area contributed by atoms with Gasteiger partial charge in [0.1, 0.15) is 10.7 Å². The summed E-state index contributed by atoms with van der Waals surface area (Å²) in [5.41, 5.74) is 5.77. The first-order valence-electron chi connectivity index (χ1n) is 25.1. The van der Waals surface area contributed by atoms with Crippen LogP contribution in [0.1, 0.15) is 89.4 Å². The molecule has 6 rings (SSSR count). The molecule has 524 valence electrons. The largest absolute Gasteiger partial charge is 0.501 e. The minimum Gasteiger partial charge on any atom is -0.501 e. The normalized spacial score (nSPS) is 9.20. The molecule has 6 radical (unpaired) electrons. The zero-order valence-electron chi connectivity index (χ0n) is 51.4. The Bertz CT molecular complexity index is 4000. The van der Waals surface area contributed by atoms with Gasteiger partial charge < -0.3 is 52.1 Å². The topological polar surface area (TPSA) is 458 Å². The lowest BCUT2D eigenvalue weighted by Crippen LogP contribution is -2.12. The van der Waals surface area contributed by atoms with Crippen LogP contribution in [-0.2, 0) is 9.59 Å². The van der Waals surface area contributed by atoms with Crippen molar-refractivity contribution in [2.75, 3.05) is 16.4 Å². The number of aromatic carboxylic acids is 6. The molecule has 0 aliphatic heterocycles. The van der Waals surface area contributed by atoms with E-state index in [0.717, 1.165) is 31.2 Å². The van der Waals surface area contributed by atoms with Crippen molar-refractivity contribution in [3.8, 4) is 5.75 Å². The summed E-state index contributed by atoms with van der Waals surface area (Å²) in [6.45, 7) is 8.76. The number of amides is 2. The first kappa shape index (κ1) is 93.8. The van der Waals surface area contributed by atoms with Gasteiger partial charge in [0.05, 0.1) is 98.6 Å². The van der Waals surface area contributed by atoms with Crippen LogP contribution in [0.5, 0.6) is 5.75 Å². The zero-order chi connectivity index (χ0) is 81.0. The molecule has 0 bridgehead atoms. The van der Waals surface area contributed by atoms with Gasteiger partial charge >= 0.3 is 47.2 Å². The molecule has 11 N–H and O–H groups in total. The molecular weight excluding hydrogens is 1580 g/mol. The highest BCUT2D eigenvalue weighted by molar-refractivity contribution is 7.49. The van der Waals surface area contributed by atoms with Gasteiger partial charge in [-0.05, 0) is 73.8 Å². The Morgan fingerprint density at radius 1 is 0.490 bits per heavy atom. The number of benzene rings is 6. The van der Waals surface area contributed by atoms with Crippen LogP contribution in [0.25, 0.3) is 0 Å². The molecule has 0 heterocycles. The maximum atomic E-state index is 11.0. The van der Waals surface area contributed by atoms with E-state index in [2.05, 4.69) is 58.5 Å². The van der Waals surface area contributed by atoms with Crippen molar-refractivity contribution in [2.24, 2.45) is 0 Å². The third kappa shape index (κ3) is 34.7. The predicted octanol–water partition coefficient (Wildman–Crippen LogP) is 17.5. The Balaban J connectivity index is -0.000000204. The lowest BCUT2D eigenvalue weighted by molar-refractivity contribution is -0.386. The van der Waals surface area contributed by atoms with E-state index < -0.39 is 108 Å². The molecule has 6 aromatic rings. The maximum absolute atomic E-state index is 11.0. The average Bonchev–Trinajstić information content (AvgIpc) is 0.793. The number of nitrogens with one attached hydrogen (secondary N) is 2. The van der Waals surface area contributed by atoms with E-state index >= 15 is 0 Å². The maximum Gasteiger partial charge on any atom is 0.344 e. The Morgan fingerprint density at radius 3 is 1.17 bits per heavy atom. The van der Waals surface area contributed by atoms with E-state index in [0.29, 0.717) is 5.02 Å².